The molecule has 4 nitrogen and oxygen atoms in total. The van der Waals surface area contributed by atoms with Gasteiger partial charge in [0.2, 0.25) is 0 Å². The summed E-state index contributed by atoms with van der Waals surface area (Å²) in [7, 11) is 3.49. The Morgan fingerprint density at radius 3 is 2.75 bits per heavy atom. The maximum absolute atomic E-state index is 5.16. The minimum Gasteiger partial charge on any atom is -0.478 e. The number of benzene rings is 1. The van der Waals surface area contributed by atoms with Crippen LogP contribution in [-0.2, 0) is 13.6 Å². The molecule has 0 saturated carbocycles. The minimum absolute atomic E-state index is 0.624. The highest BCUT2D eigenvalue weighted by Gasteiger charge is 2.06. The standard InChI is InChI=1S/C12H15N3O/c1-15-9-11(12(14-15)16-2)13-8-10-6-4-3-5-7-10/h3-7,9,13H,8H2,1-2H3. The Morgan fingerprint density at radius 2 is 2.06 bits per heavy atom. The molecule has 0 atom stereocenters. The Bertz CT molecular complexity index is 451. The Kier molecular flexibility index (Phi) is 3.10. The van der Waals surface area contributed by atoms with E-state index in [0.717, 1.165) is 12.2 Å². The van der Waals surface area contributed by atoms with Gasteiger partial charge in [-0.3, -0.25) is 4.68 Å². The number of anilines is 1. The van der Waals surface area contributed by atoms with E-state index in [1.165, 1.54) is 5.56 Å². The quantitative estimate of drug-likeness (QED) is 0.851. The maximum atomic E-state index is 5.16. The van der Waals surface area contributed by atoms with Gasteiger partial charge in [0.1, 0.15) is 5.69 Å². The van der Waals surface area contributed by atoms with Gasteiger partial charge in [0.15, 0.2) is 0 Å². The normalized spacial score (nSPS) is 10.1. The van der Waals surface area contributed by atoms with Gasteiger partial charge in [-0.2, -0.15) is 0 Å². The van der Waals surface area contributed by atoms with Crippen molar-refractivity contribution in [2.45, 2.75) is 6.54 Å². The van der Waals surface area contributed by atoms with Crippen molar-refractivity contribution in [1.29, 1.82) is 0 Å². The monoisotopic (exact) mass is 217 g/mol. The second kappa shape index (κ2) is 4.70. The van der Waals surface area contributed by atoms with E-state index < -0.39 is 0 Å². The summed E-state index contributed by atoms with van der Waals surface area (Å²) in [5.41, 5.74) is 2.14. The number of aromatic nitrogens is 2. The van der Waals surface area contributed by atoms with Gasteiger partial charge in [0.05, 0.1) is 13.3 Å². The molecule has 1 aromatic carbocycles. The van der Waals surface area contributed by atoms with Crippen LogP contribution in [0.3, 0.4) is 0 Å². The molecule has 1 aromatic heterocycles. The van der Waals surface area contributed by atoms with Crippen LogP contribution in [0.1, 0.15) is 5.56 Å². The topological polar surface area (TPSA) is 39.1 Å². The molecule has 0 bridgehead atoms. The number of hydrogen-bond acceptors (Lipinski definition) is 3. The van der Waals surface area contributed by atoms with E-state index in [0.29, 0.717) is 5.88 Å². The fourth-order valence-corrected chi connectivity index (χ4v) is 1.53. The van der Waals surface area contributed by atoms with Crippen molar-refractivity contribution in [2.24, 2.45) is 7.05 Å². The zero-order valence-corrected chi connectivity index (χ0v) is 9.47. The molecule has 84 valence electrons. The zero-order chi connectivity index (χ0) is 11.4. The van der Waals surface area contributed by atoms with Crippen LogP contribution < -0.4 is 10.1 Å². The Balaban J connectivity index is 2.04. The van der Waals surface area contributed by atoms with Gasteiger partial charge in [-0.05, 0) is 5.56 Å². The largest absolute Gasteiger partial charge is 0.478 e. The number of nitrogens with one attached hydrogen (secondary N) is 1. The first-order valence-corrected chi connectivity index (χ1v) is 5.15. The van der Waals surface area contributed by atoms with Crippen molar-refractivity contribution in [2.75, 3.05) is 12.4 Å². The number of methoxy groups -OCH3 is 1. The van der Waals surface area contributed by atoms with E-state index in [1.54, 1.807) is 11.8 Å². The summed E-state index contributed by atoms with van der Waals surface area (Å²) in [5.74, 6) is 0.624. The van der Waals surface area contributed by atoms with Crippen LogP contribution in [0.4, 0.5) is 5.69 Å². The summed E-state index contributed by atoms with van der Waals surface area (Å²) in [6.07, 6.45) is 1.90. The molecular weight excluding hydrogens is 202 g/mol. The van der Waals surface area contributed by atoms with E-state index >= 15 is 0 Å². The number of nitrogens with zero attached hydrogens (tertiary/aromatic N) is 2. The minimum atomic E-state index is 0.624. The highest BCUT2D eigenvalue weighted by molar-refractivity contribution is 5.51. The van der Waals surface area contributed by atoms with Crippen molar-refractivity contribution in [1.82, 2.24) is 9.78 Å². The lowest BCUT2D eigenvalue weighted by atomic mass is 10.2. The molecule has 0 aliphatic heterocycles. The number of rotatable bonds is 4. The second-order valence-electron chi connectivity index (χ2n) is 3.56. The predicted octanol–water partition coefficient (Wildman–Crippen LogP) is 2.04. The number of ether oxygens (including phenoxy) is 1. The molecule has 4 heteroatoms. The van der Waals surface area contributed by atoms with Crippen LogP contribution in [0.15, 0.2) is 36.5 Å². The molecule has 0 fully saturated rings. The first-order valence-electron chi connectivity index (χ1n) is 5.15. The number of hydrogen-bond donors (Lipinski definition) is 1. The van der Waals surface area contributed by atoms with Crippen LogP contribution in [0, 0.1) is 0 Å². The second-order valence-corrected chi connectivity index (χ2v) is 3.56. The smallest absolute Gasteiger partial charge is 0.256 e. The van der Waals surface area contributed by atoms with Crippen molar-refractivity contribution < 1.29 is 4.74 Å². The summed E-state index contributed by atoms with van der Waals surface area (Å²) in [6, 6.07) is 10.2. The first-order chi connectivity index (χ1) is 7.79. The fraction of sp³-hybridized carbons (Fsp3) is 0.250. The molecule has 1 N–H and O–H groups in total. The van der Waals surface area contributed by atoms with Gasteiger partial charge in [-0.1, -0.05) is 30.3 Å². The zero-order valence-electron chi connectivity index (χ0n) is 9.47. The molecule has 2 rings (SSSR count). The van der Waals surface area contributed by atoms with Gasteiger partial charge in [-0.15, -0.1) is 5.10 Å². The van der Waals surface area contributed by atoms with Crippen molar-refractivity contribution in [3.63, 3.8) is 0 Å². The van der Waals surface area contributed by atoms with Gasteiger partial charge in [-0.25, -0.2) is 0 Å². The molecule has 0 amide bonds. The summed E-state index contributed by atoms with van der Waals surface area (Å²) < 4.78 is 6.89. The molecule has 1 heterocycles. The van der Waals surface area contributed by atoms with Gasteiger partial charge < -0.3 is 10.1 Å². The lowest BCUT2D eigenvalue weighted by molar-refractivity contribution is 0.393. The summed E-state index contributed by atoms with van der Waals surface area (Å²) in [6.45, 7) is 0.767. The summed E-state index contributed by atoms with van der Waals surface area (Å²) in [5, 5.41) is 7.47. The third-order valence-electron chi connectivity index (χ3n) is 2.31. The molecular formula is C12H15N3O. The highest BCUT2D eigenvalue weighted by atomic mass is 16.5. The molecule has 0 aliphatic rings. The molecule has 2 aromatic rings. The maximum Gasteiger partial charge on any atom is 0.256 e. The molecule has 0 unspecified atom stereocenters. The van der Waals surface area contributed by atoms with Crippen LogP contribution in [0.2, 0.25) is 0 Å². The van der Waals surface area contributed by atoms with Crippen molar-refractivity contribution >= 4 is 5.69 Å². The van der Waals surface area contributed by atoms with Gasteiger partial charge in [0.25, 0.3) is 5.88 Å². The molecule has 0 saturated heterocycles. The van der Waals surface area contributed by atoms with Crippen LogP contribution in [0.25, 0.3) is 0 Å². The van der Waals surface area contributed by atoms with Crippen molar-refractivity contribution in [3.8, 4) is 5.88 Å². The number of aryl methyl sites for hydroxylation is 1. The van der Waals surface area contributed by atoms with Crippen LogP contribution in [0.5, 0.6) is 5.88 Å². The van der Waals surface area contributed by atoms with Crippen molar-refractivity contribution in [3.05, 3.63) is 42.1 Å². The summed E-state index contributed by atoms with van der Waals surface area (Å²) in [4.78, 5) is 0. The average Bonchev–Trinajstić information content (AvgIpc) is 2.68. The van der Waals surface area contributed by atoms with E-state index in [9.17, 15) is 0 Å². The van der Waals surface area contributed by atoms with Gasteiger partial charge >= 0.3 is 0 Å². The van der Waals surface area contributed by atoms with E-state index in [-0.39, 0.29) is 0 Å². The Hall–Kier alpha value is -1.97. The molecule has 0 radical (unpaired) electrons. The molecule has 0 spiro atoms. The third-order valence-corrected chi connectivity index (χ3v) is 2.31. The molecule has 0 aliphatic carbocycles. The van der Waals surface area contributed by atoms with E-state index in [1.807, 2.05) is 31.4 Å². The summed E-state index contributed by atoms with van der Waals surface area (Å²) >= 11 is 0. The first kappa shape index (κ1) is 10.5. The highest BCUT2D eigenvalue weighted by Crippen LogP contribution is 2.21. The lowest BCUT2D eigenvalue weighted by Gasteiger charge is -2.05. The fourth-order valence-electron chi connectivity index (χ4n) is 1.53. The van der Waals surface area contributed by atoms with E-state index in [4.69, 9.17) is 4.74 Å². The van der Waals surface area contributed by atoms with E-state index in [2.05, 4.69) is 22.5 Å². The third kappa shape index (κ3) is 2.34. The SMILES string of the molecule is COc1nn(C)cc1NCc1ccccc1. The Labute approximate surface area is 94.9 Å². The van der Waals surface area contributed by atoms with Crippen LogP contribution in [-0.4, -0.2) is 16.9 Å². The molecule has 16 heavy (non-hydrogen) atoms. The van der Waals surface area contributed by atoms with Crippen LogP contribution >= 0.6 is 0 Å². The lowest BCUT2D eigenvalue weighted by Crippen LogP contribution is -1.99. The average molecular weight is 217 g/mol. The van der Waals surface area contributed by atoms with Gasteiger partial charge in [0, 0.05) is 13.6 Å². The Morgan fingerprint density at radius 1 is 1.31 bits per heavy atom. The predicted molar refractivity (Wildman–Crippen MR) is 63.5 cm³/mol.